The highest BCUT2D eigenvalue weighted by Crippen LogP contribution is 2.21. The monoisotopic (exact) mass is 214 g/mol. The summed E-state index contributed by atoms with van der Waals surface area (Å²) in [5.74, 6) is 0.640. The first-order chi connectivity index (χ1) is 5.25. The molecule has 0 bridgehead atoms. The first-order valence-electron chi connectivity index (χ1n) is 3.64. The number of aromatic nitrogens is 1. The second kappa shape index (κ2) is 3.72. The van der Waals surface area contributed by atoms with E-state index in [-0.39, 0.29) is 0 Å². The van der Waals surface area contributed by atoms with Crippen LogP contribution >= 0.6 is 15.9 Å². The van der Waals surface area contributed by atoms with E-state index in [0.717, 1.165) is 22.9 Å². The number of halogens is 1. The zero-order valence-electron chi connectivity index (χ0n) is 6.47. The van der Waals surface area contributed by atoms with E-state index < -0.39 is 0 Å². The molecule has 0 saturated heterocycles. The first kappa shape index (κ1) is 8.53. The number of rotatable bonds is 2. The summed E-state index contributed by atoms with van der Waals surface area (Å²) in [5, 5.41) is 0. The van der Waals surface area contributed by atoms with Gasteiger partial charge in [0.05, 0.1) is 0 Å². The molecule has 0 fully saturated rings. The largest absolute Gasteiger partial charge is 0.383 e. The van der Waals surface area contributed by atoms with Crippen LogP contribution in [0.5, 0.6) is 0 Å². The predicted molar refractivity (Wildman–Crippen MR) is 50.3 cm³/mol. The number of nitrogens with two attached hydrogens (primary N) is 1. The second-order valence-corrected chi connectivity index (χ2v) is 3.26. The highest BCUT2D eigenvalue weighted by molar-refractivity contribution is 9.10. The van der Waals surface area contributed by atoms with E-state index >= 15 is 0 Å². The Labute approximate surface area is 75.0 Å². The molecule has 0 radical (unpaired) electrons. The summed E-state index contributed by atoms with van der Waals surface area (Å²) < 4.78 is 1.06. The third-order valence-corrected chi connectivity index (χ3v) is 2.27. The van der Waals surface area contributed by atoms with E-state index in [1.165, 1.54) is 0 Å². The molecule has 1 aromatic rings. The molecule has 2 N–H and O–H groups in total. The molecule has 0 aliphatic rings. The summed E-state index contributed by atoms with van der Waals surface area (Å²) in [6.45, 7) is 2.12. The topological polar surface area (TPSA) is 38.9 Å². The van der Waals surface area contributed by atoms with Crippen LogP contribution in [-0.2, 0) is 6.42 Å². The Kier molecular flexibility index (Phi) is 2.88. The standard InChI is InChI=1S/C8H11BrN2/c1-2-3-6-7(9)4-5-11-8(6)10/h4-5H,2-3H2,1H3,(H2,10,11). The fraction of sp³-hybridized carbons (Fsp3) is 0.375. The molecule has 0 saturated carbocycles. The summed E-state index contributed by atoms with van der Waals surface area (Å²) in [6.07, 6.45) is 3.79. The summed E-state index contributed by atoms with van der Waals surface area (Å²) in [4.78, 5) is 4.01. The van der Waals surface area contributed by atoms with Crippen LogP contribution in [0.25, 0.3) is 0 Å². The molecule has 0 atom stereocenters. The van der Waals surface area contributed by atoms with Crippen LogP contribution in [0.1, 0.15) is 18.9 Å². The molecular formula is C8H11BrN2. The fourth-order valence-electron chi connectivity index (χ4n) is 0.981. The number of hydrogen-bond acceptors (Lipinski definition) is 2. The van der Waals surface area contributed by atoms with Crippen LogP contribution < -0.4 is 5.73 Å². The minimum atomic E-state index is 0.640. The number of nitrogens with zero attached hydrogens (tertiary/aromatic N) is 1. The van der Waals surface area contributed by atoms with E-state index in [2.05, 4.69) is 27.8 Å². The third kappa shape index (κ3) is 1.93. The average molecular weight is 215 g/mol. The minimum absolute atomic E-state index is 0.640. The van der Waals surface area contributed by atoms with Crippen molar-refractivity contribution < 1.29 is 0 Å². The van der Waals surface area contributed by atoms with E-state index in [0.29, 0.717) is 5.82 Å². The smallest absolute Gasteiger partial charge is 0.127 e. The van der Waals surface area contributed by atoms with Gasteiger partial charge in [-0.2, -0.15) is 0 Å². The normalized spacial score (nSPS) is 10.0. The van der Waals surface area contributed by atoms with Crippen molar-refractivity contribution in [1.82, 2.24) is 4.98 Å². The van der Waals surface area contributed by atoms with Crippen LogP contribution in [0.3, 0.4) is 0 Å². The molecule has 3 heteroatoms. The summed E-state index contributed by atoms with van der Waals surface area (Å²) in [5.41, 5.74) is 6.79. The Hall–Kier alpha value is -0.570. The lowest BCUT2D eigenvalue weighted by molar-refractivity contribution is 0.912. The Morgan fingerprint density at radius 2 is 2.36 bits per heavy atom. The quantitative estimate of drug-likeness (QED) is 0.822. The lowest BCUT2D eigenvalue weighted by atomic mass is 10.1. The van der Waals surface area contributed by atoms with Crippen molar-refractivity contribution in [3.05, 3.63) is 22.3 Å². The molecule has 11 heavy (non-hydrogen) atoms. The molecule has 0 aliphatic heterocycles. The molecule has 0 aromatic carbocycles. The molecule has 0 aliphatic carbocycles. The lowest BCUT2D eigenvalue weighted by Crippen LogP contribution is -1.97. The summed E-state index contributed by atoms with van der Waals surface area (Å²) in [7, 11) is 0. The summed E-state index contributed by atoms with van der Waals surface area (Å²) in [6, 6.07) is 1.92. The molecule has 1 rings (SSSR count). The van der Waals surface area contributed by atoms with Gasteiger partial charge in [0, 0.05) is 16.2 Å². The van der Waals surface area contributed by atoms with E-state index in [9.17, 15) is 0 Å². The van der Waals surface area contributed by atoms with Gasteiger partial charge in [-0.15, -0.1) is 0 Å². The lowest BCUT2D eigenvalue weighted by Gasteiger charge is -2.04. The maximum atomic E-state index is 5.67. The van der Waals surface area contributed by atoms with Crippen molar-refractivity contribution in [3.8, 4) is 0 Å². The highest BCUT2D eigenvalue weighted by atomic mass is 79.9. The number of nitrogen functional groups attached to an aromatic ring is 1. The van der Waals surface area contributed by atoms with Gasteiger partial charge in [-0.1, -0.05) is 29.3 Å². The van der Waals surface area contributed by atoms with Gasteiger partial charge in [0.15, 0.2) is 0 Å². The van der Waals surface area contributed by atoms with Gasteiger partial charge < -0.3 is 5.73 Å². The number of anilines is 1. The Morgan fingerprint density at radius 3 is 2.91 bits per heavy atom. The molecule has 0 unspecified atom stereocenters. The summed E-state index contributed by atoms with van der Waals surface area (Å²) >= 11 is 3.43. The Morgan fingerprint density at radius 1 is 1.64 bits per heavy atom. The maximum Gasteiger partial charge on any atom is 0.127 e. The van der Waals surface area contributed by atoms with Crippen molar-refractivity contribution in [2.45, 2.75) is 19.8 Å². The highest BCUT2D eigenvalue weighted by Gasteiger charge is 2.02. The first-order valence-corrected chi connectivity index (χ1v) is 4.44. The van der Waals surface area contributed by atoms with E-state index in [4.69, 9.17) is 5.73 Å². The predicted octanol–water partition coefficient (Wildman–Crippen LogP) is 2.38. The molecule has 0 amide bonds. The van der Waals surface area contributed by atoms with E-state index in [1.54, 1.807) is 6.20 Å². The van der Waals surface area contributed by atoms with Gasteiger partial charge in [-0.05, 0) is 12.5 Å². The van der Waals surface area contributed by atoms with Crippen molar-refractivity contribution in [3.63, 3.8) is 0 Å². The fourth-order valence-corrected chi connectivity index (χ4v) is 1.50. The average Bonchev–Trinajstić information content (AvgIpc) is 1.97. The van der Waals surface area contributed by atoms with Crippen LogP contribution in [0, 0.1) is 0 Å². The van der Waals surface area contributed by atoms with Gasteiger partial charge in [-0.25, -0.2) is 4.98 Å². The van der Waals surface area contributed by atoms with E-state index in [1.807, 2.05) is 6.07 Å². The molecule has 1 heterocycles. The number of pyridine rings is 1. The SMILES string of the molecule is CCCc1c(Br)ccnc1N. The van der Waals surface area contributed by atoms with Crippen LogP contribution in [0.15, 0.2) is 16.7 Å². The third-order valence-electron chi connectivity index (χ3n) is 1.53. The van der Waals surface area contributed by atoms with Crippen molar-refractivity contribution in [2.24, 2.45) is 0 Å². The van der Waals surface area contributed by atoms with Gasteiger partial charge >= 0.3 is 0 Å². The van der Waals surface area contributed by atoms with Crippen molar-refractivity contribution in [2.75, 3.05) is 5.73 Å². The minimum Gasteiger partial charge on any atom is -0.383 e. The van der Waals surface area contributed by atoms with Gasteiger partial charge in [-0.3, -0.25) is 0 Å². The van der Waals surface area contributed by atoms with Crippen LogP contribution in [0.4, 0.5) is 5.82 Å². The Bertz CT molecular complexity index is 228. The maximum absolute atomic E-state index is 5.67. The molecule has 1 aromatic heterocycles. The number of hydrogen-bond donors (Lipinski definition) is 1. The molecule has 2 nitrogen and oxygen atoms in total. The van der Waals surface area contributed by atoms with Gasteiger partial charge in [0.25, 0.3) is 0 Å². The zero-order chi connectivity index (χ0) is 8.27. The van der Waals surface area contributed by atoms with Crippen molar-refractivity contribution in [1.29, 1.82) is 0 Å². The van der Waals surface area contributed by atoms with Crippen LogP contribution in [-0.4, -0.2) is 4.98 Å². The van der Waals surface area contributed by atoms with Crippen molar-refractivity contribution >= 4 is 21.7 Å². The zero-order valence-corrected chi connectivity index (χ0v) is 8.06. The Balaban J connectivity index is 3.00. The molecule has 60 valence electrons. The van der Waals surface area contributed by atoms with Gasteiger partial charge in [0.2, 0.25) is 0 Å². The second-order valence-electron chi connectivity index (χ2n) is 2.41. The van der Waals surface area contributed by atoms with Crippen LogP contribution in [0.2, 0.25) is 0 Å². The molecule has 0 spiro atoms. The van der Waals surface area contributed by atoms with Gasteiger partial charge in [0.1, 0.15) is 5.82 Å². The molecular weight excluding hydrogens is 204 g/mol.